The second-order valence-electron chi connectivity index (χ2n) is 5.72. The van der Waals surface area contributed by atoms with Gasteiger partial charge in [0.1, 0.15) is 0 Å². The highest BCUT2D eigenvalue weighted by Crippen LogP contribution is 2.32. The van der Waals surface area contributed by atoms with Gasteiger partial charge in [-0.2, -0.15) is 0 Å². The van der Waals surface area contributed by atoms with E-state index in [1.54, 1.807) is 4.57 Å². The summed E-state index contributed by atoms with van der Waals surface area (Å²) in [6.07, 6.45) is 0. The first kappa shape index (κ1) is 16.1. The number of halogens is 5. The average Bonchev–Trinajstić information content (AvgIpc) is 2.91. The molecule has 0 saturated carbocycles. The zero-order valence-electron chi connectivity index (χ0n) is 12.7. The number of hydrogen-bond acceptors (Lipinski definition) is 0. The van der Waals surface area contributed by atoms with Crippen LogP contribution in [0, 0.1) is 23.3 Å². The summed E-state index contributed by atoms with van der Waals surface area (Å²) in [5.74, 6) is -6.37. The molecule has 0 spiro atoms. The van der Waals surface area contributed by atoms with E-state index < -0.39 is 23.3 Å². The quantitative estimate of drug-likeness (QED) is 0.213. The molecule has 0 atom stereocenters. The summed E-state index contributed by atoms with van der Waals surface area (Å²) in [5.41, 5.74) is 1.33. The predicted molar refractivity (Wildman–Crippen MR) is 92.5 cm³/mol. The van der Waals surface area contributed by atoms with E-state index in [1.807, 2.05) is 42.5 Å². The van der Waals surface area contributed by atoms with Crippen LogP contribution in [0.4, 0.5) is 17.6 Å². The van der Waals surface area contributed by atoms with Gasteiger partial charge in [0, 0.05) is 31.8 Å². The molecule has 0 fully saturated rings. The Morgan fingerprint density at radius 1 is 0.760 bits per heavy atom. The monoisotopic (exact) mass is 407 g/mol. The molecule has 0 amide bonds. The fraction of sp³-hybridized carbons (Fsp3) is 0.0526. The molecule has 6 heteroatoms. The van der Waals surface area contributed by atoms with Gasteiger partial charge in [-0.15, -0.1) is 0 Å². The smallest absolute Gasteiger partial charge is 0.197 e. The van der Waals surface area contributed by atoms with Gasteiger partial charge in [-0.3, -0.25) is 0 Å². The van der Waals surface area contributed by atoms with Crippen LogP contribution >= 0.6 is 15.9 Å². The molecule has 0 N–H and O–H groups in total. The van der Waals surface area contributed by atoms with Crippen LogP contribution in [-0.2, 0) is 6.54 Å². The number of rotatable bonds is 2. The van der Waals surface area contributed by atoms with Gasteiger partial charge in [0.2, 0.25) is 0 Å². The van der Waals surface area contributed by atoms with Crippen molar-refractivity contribution in [2.75, 3.05) is 0 Å². The SMILES string of the molecule is Fc1cc(Cn2c3ccccc3c3cc(Br)ccc32)c(F)c(F)c1F. The molecule has 4 rings (SSSR count). The van der Waals surface area contributed by atoms with Crippen molar-refractivity contribution in [2.24, 2.45) is 0 Å². The van der Waals surface area contributed by atoms with Crippen LogP contribution in [0.25, 0.3) is 21.8 Å². The first-order chi connectivity index (χ1) is 12.0. The topological polar surface area (TPSA) is 4.93 Å². The third kappa shape index (κ3) is 2.52. The van der Waals surface area contributed by atoms with Crippen molar-refractivity contribution in [2.45, 2.75) is 6.54 Å². The molecular weight excluding hydrogens is 398 g/mol. The van der Waals surface area contributed by atoms with Crippen LogP contribution in [0.3, 0.4) is 0 Å². The molecule has 4 aromatic rings. The van der Waals surface area contributed by atoms with Gasteiger partial charge in [-0.05, 0) is 30.3 Å². The molecular formula is C19H10BrF4N. The van der Waals surface area contributed by atoms with Gasteiger partial charge >= 0.3 is 0 Å². The number of fused-ring (bicyclic) bond motifs is 3. The van der Waals surface area contributed by atoms with E-state index >= 15 is 0 Å². The Bertz CT molecular complexity index is 1130. The fourth-order valence-electron chi connectivity index (χ4n) is 3.10. The van der Waals surface area contributed by atoms with Gasteiger partial charge in [0.15, 0.2) is 23.3 Å². The summed E-state index contributed by atoms with van der Waals surface area (Å²) in [6, 6.07) is 13.8. The molecule has 126 valence electrons. The Labute approximate surface area is 148 Å². The van der Waals surface area contributed by atoms with Crippen LogP contribution in [0.1, 0.15) is 5.56 Å². The largest absolute Gasteiger partial charge is 0.336 e. The van der Waals surface area contributed by atoms with Crippen molar-refractivity contribution in [3.05, 3.63) is 81.8 Å². The summed E-state index contributed by atoms with van der Waals surface area (Å²) >= 11 is 3.42. The van der Waals surface area contributed by atoms with Crippen molar-refractivity contribution < 1.29 is 17.6 Å². The molecule has 0 bridgehead atoms. The van der Waals surface area contributed by atoms with Gasteiger partial charge in [-0.1, -0.05) is 34.1 Å². The number of aromatic nitrogens is 1. The van der Waals surface area contributed by atoms with Crippen molar-refractivity contribution >= 4 is 37.7 Å². The first-order valence-corrected chi connectivity index (χ1v) is 8.25. The molecule has 25 heavy (non-hydrogen) atoms. The van der Waals surface area contributed by atoms with E-state index in [4.69, 9.17) is 0 Å². The van der Waals surface area contributed by atoms with Crippen molar-refractivity contribution in [3.63, 3.8) is 0 Å². The first-order valence-electron chi connectivity index (χ1n) is 7.45. The van der Waals surface area contributed by atoms with Gasteiger partial charge < -0.3 is 4.57 Å². The maximum atomic E-state index is 14.1. The maximum absolute atomic E-state index is 14.1. The lowest BCUT2D eigenvalue weighted by atomic mass is 10.2. The Balaban J connectivity index is 1.98. The molecule has 0 unspecified atom stereocenters. The fourth-order valence-corrected chi connectivity index (χ4v) is 3.46. The maximum Gasteiger partial charge on any atom is 0.197 e. The van der Waals surface area contributed by atoms with Crippen molar-refractivity contribution in [1.29, 1.82) is 0 Å². The molecule has 1 aromatic heterocycles. The Kier molecular flexibility index (Phi) is 3.80. The van der Waals surface area contributed by atoms with Crippen LogP contribution in [0.5, 0.6) is 0 Å². The highest BCUT2D eigenvalue weighted by atomic mass is 79.9. The van der Waals surface area contributed by atoms with E-state index in [2.05, 4.69) is 15.9 Å². The zero-order valence-corrected chi connectivity index (χ0v) is 14.2. The van der Waals surface area contributed by atoms with E-state index in [1.165, 1.54) is 0 Å². The molecule has 0 aliphatic rings. The summed E-state index contributed by atoms with van der Waals surface area (Å²) in [5, 5.41) is 1.86. The molecule has 3 aromatic carbocycles. The lowest BCUT2D eigenvalue weighted by Crippen LogP contribution is -2.06. The summed E-state index contributed by atoms with van der Waals surface area (Å²) in [4.78, 5) is 0. The number of hydrogen-bond donors (Lipinski definition) is 0. The Hall–Kier alpha value is -2.34. The zero-order chi connectivity index (χ0) is 17.7. The third-order valence-corrected chi connectivity index (χ3v) is 4.73. The molecule has 0 aliphatic carbocycles. The van der Waals surface area contributed by atoms with Crippen molar-refractivity contribution in [3.8, 4) is 0 Å². The second-order valence-corrected chi connectivity index (χ2v) is 6.64. The minimum Gasteiger partial charge on any atom is -0.336 e. The number of benzene rings is 3. The summed E-state index contributed by atoms with van der Waals surface area (Å²) in [7, 11) is 0. The second kappa shape index (κ2) is 5.88. The highest BCUT2D eigenvalue weighted by Gasteiger charge is 2.20. The van der Waals surface area contributed by atoms with Crippen LogP contribution in [0.15, 0.2) is 53.0 Å². The normalized spacial score (nSPS) is 11.6. The molecule has 1 nitrogen and oxygen atoms in total. The molecule has 0 aliphatic heterocycles. The predicted octanol–water partition coefficient (Wildman–Crippen LogP) is 6.16. The number of nitrogens with zero attached hydrogens (tertiary/aromatic N) is 1. The van der Waals surface area contributed by atoms with Crippen LogP contribution in [-0.4, -0.2) is 4.57 Å². The number of para-hydroxylation sites is 1. The molecule has 1 heterocycles. The minimum atomic E-state index is -1.80. The summed E-state index contributed by atoms with van der Waals surface area (Å²) < 4.78 is 57.0. The van der Waals surface area contributed by atoms with Crippen LogP contribution < -0.4 is 0 Å². The standard InChI is InChI=1S/C19H10BrF4N/c20-11-5-6-16-13(8-11)12-3-1-2-4-15(12)25(16)9-10-7-14(21)18(23)19(24)17(10)22/h1-8H,9H2. The molecule has 0 radical (unpaired) electrons. The third-order valence-electron chi connectivity index (χ3n) is 4.24. The van der Waals surface area contributed by atoms with E-state index in [-0.39, 0.29) is 12.1 Å². The Morgan fingerprint density at radius 2 is 1.48 bits per heavy atom. The van der Waals surface area contributed by atoms with E-state index in [0.717, 1.165) is 26.3 Å². The van der Waals surface area contributed by atoms with Crippen molar-refractivity contribution in [1.82, 2.24) is 4.57 Å². The lowest BCUT2D eigenvalue weighted by Gasteiger charge is -2.10. The molecule has 0 saturated heterocycles. The summed E-state index contributed by atoms with van der Waals surface area (Å²) in [6.45, 7) is -0.119. The minimum absolute atomic E-state index is 0.119. The van der Waals surface area contributed by atoms with Gasteiger partial charge in [0.05, 0.1) is 6.54 Å². The Morgan fingerprint density at radius 3 is 2.28 bits per heavy atom. The van der Waals surface area contributed by atoms with Gasteiger partial charge in [-0.25, -0.2) is 17.6 Å². The van der Waals surface area contributed by atoms with Crippen LogP contribution in [0.2, 0.25) is 0 Å². The van der Waals surface area contributed by atoms with Gasteiger partial charge in [0.25, 0.3) is 0 Å². The lowest BCUT2D eigenvalue weighted by molar-refractivity contribution is 0.403. The average molecular weight is 408 g/mol. The van der Waals surface area contributed by atoms with E-state index in [0.29, 0.717) is 6.07 Å². The van der Waals surface area contributed by atoms with E-state index in [9.17, 15) is 17.6 Å². The highest BCUT2D eigenvalue weighted by molar-refractivity contribution is 9.10.